The number of anilines is 2. The van der Waals surface area contributed by atoms with Crippen LogP contribution < -0.4 is 16.4 Å². The van der Waals surface area contributed by atoms with Gasteiger partial charge in [0.15, 0.2) is 0 Å². The summed E-state index contributed by atoms with van der Waals surface area (Å²) in [6.07, 6.45) is 0.810. The van der Waals surface area contributed by atoms with Gasteiger partial charge in [0.05, 0.1) is 0 Å². The number of nitrogen functional groups attached to an aromatic ring is 1. The molecule has 0 atom stereocenters. The number of nitrogens with two attached hydrogens (primary N) is 1. The number of benzene rings is 2. The molecule has 0 saturated carbocycles. The standard InChI is InChI=1S/C16H19N3O/c1-12-5-7-13(8-6-12)9-10-18-16(20)19-15-4-2-3-14(17)11-15/h2-8,11H,9-10,17H2,1H3,(H2,18,19,20). The van der Waals surface area contributed by atoms with Gasteiger partial charge in [-0.3, -0.25) is 0 Å². The summed E-state index contributed by atoms with van der Waals surface area (Å²) in [5.41, 5.74) is 9.42. The maximum absolute atomic E-state index is 11.7. The van der Waals surface area contributed by atoms with Crippen molar-refractivity contribution in [3.05, 3.63) is 59.7 Å². The van der Waals surface area contributed by atoms with Crippen LogP contribution in [0.5, 0.6) is 0 Å². The molecule has 20 heavy (non-hydrogen) atoms. The third-order valence-electron chi connectivity index (χ3n) is 2.96. The van der Waals surface area contributed by atoms with Crippen LogP contribution >= 0.6 is 0 Å². The molecule has 0 aliphatic heterocycles. The fourth-order valence-electron chi connectivity index (χ4n) is 1.87. The maximum atomic E-state index is 11.7. The molecule has 2 aromatic rings. The van der Waals surface area contributed by atoms with E-state index in [1.54, 1.807) is 24.3 Å². The van der Waals surface area contributed by atoms with Crippen molar-refractivity contribution < 1.29 is 4.79 Å². The van der Waals surface area contributed by atoms with E-state index in [4.69, 9.17) is 5.73 Å². The van der Waals surface area contributed by atoms with Gasteiger partial charge in [0.2, 0.25) is 0 Å². The summed E-state index contributed by atoms with van der Waals surface area (Å²) in [5.74, 6) is 0. The Morgan fingerprint density at radius 2 is 1.90 bits per heavy atom. The molecular weight excluding hydrogens is 250 g/mol. The second kappa shape index (κ2) is 6.61. The van der Waals surface area contributed by atoms with Crippen molar-refractivity contribution in [3.63, 3.8) is 0 Å². The van der Waals surface area contributed by atoms with Gasteiger partial charge in [0, 0.05) is 17.9 Å². The molecule has 0 radical (unpaired) electrons. The van der Waals surface area contributed by atoms with Gasteiger partial charge in [-0.15, -0.1) is 0 Å². The van der Waals surface area contributed by atoms with Crippen molar-refractivity contribution in [2.75, 3.05) is 17.6 Å². The van der Waals surface area contributed by atoms with E-state index >= 15 is 0 Å². The van der Waals surface area contributed by atoms with Crippen molar-refractivity contribution in [1.29, 1.82) is 0 Å². The molecule has 2 amide bonds. The SMILES string of the molecule is Cc1ccc(CCNC(=O)Nc2cccc(N)c2)cc1. The van der Waals surface area contributed by atoms with E-state index in [9.17, 15) is 4.79 Å². The van der Waals surface area contributed by atoms with Crippen LogP contribution in [0.3, 0.4) is 0 Å². The summed E-state index contributed by atoms with van der Waals surface area (Å²) in [7, 11) is 0. The quantitative estimate of drug-likeness (QED) is 0.747. The number of amides is 2. The minimum Gasteiger partial charge on any atom is -0.399 e. The van der Waals surface area contributed by atoms with Gasteiger partial charge in [-0.25, -0.2) is 4.79 Å². The van der Waals surface area contributed by atoms with Crippen LogP contribution in [0.25, 0.3) is 0 Å². The van der Waals surface area contributed by atoms with Crippen LogP contribution in [0, 0.1) is 6.92 Å². The van der Waals surface area contributed by atoms with Crippen molar-refractivity contribution in [1.82, 2.24) is 5.32 Å². The van der Waals surface area contributed by atoms with Crippen molar-refractivity contribution in [2.45, 2.75) is 13.3 Å². The average molecular weight is 269 g/mol. The number of aryl methyl sites for hydroxylation is 1. The molecule has 2 rings (SSSR count). The van der Waals surface area contributed by atoms with Gasteiger partial charge in [0.25, 0.3) is 0 Å². The molecule has 2 aromatic carbocycles. The second-order valence-corrected chi connectivity index (χ2v) is 4.74. The minimum atomic E-state index is -0.220. The Hall–Kier alpha value is -2.49. The fraction of sp³-hybridized carbons (Fsp3) is 0.188. The molecule has 4 heteroatoms. The molecule has 4 nitrogen and oxygen atoms in total. The predicted molar refractivity (Wildman–Crippen MR) is 82.8 cm³/mol. The molecule has 4 N–H and O–H groups in total. The van der Waals surface area contributed by atoms with Crippen molar-refractivity contribution in [2.24, 2.45) is 0 Å². The van der Waals surface area contributed by atoms with Gasteiger partial charge in [-0.1, -0.05) is 35.9 Å². The Kier molecular flexibility index (Phi) is 4.60. The Balaban J connectivity index is 1.76. The highest BCUT2D eigenvalue weighted by atomic mass is 16.2. The third kappa shape index (κ3) is 4.31. The lowest BCUT2D eigenvalue weighted by atomic mass is 10.1. The molecule has 0 aliphatic carbocycles. The summed E-state index contributed by atoms with van der Waals surface area (Å²) in [5, 5.41) is 5.57. The smallest absolute Gasteiger partial charge is 0.319 e. The maximum Gasteiger partial charge on any atom is 0.319 e. The van der Waals surface area contributed by atoms with Gasteiger partial charge >= 0.3 is 6.03 Å². The lowest BCUT2D eigenvalue weighted by Gasteiger charge is -2.08. The Bertz CT molecular complexity index is 579. The summed E-state index contributed by atoms with van der Waals surface area (Å²) in [4.78, 5) is 11.7. The molecule has 0 fully saturated rings. The predicted octanol–water partition coefficient (Wildman–Crippen LogP) is 2.94. The van der Waals surface area contributed by atoms with E-state index in [1.165, 1.54) is 11.1 Å². The first kappa shape index (κ1) is 13.9. The van der Waals surface area contributed by atoms with Crippen LogP contribution in [-0.4, -0.2) is 12.6 Å². The molecule has 0 unspecified atom stereocenters. The highest BCUT2D eigenvalue weighted by Crippen LogP contribution is 2.11. The number of urea groups is 1. The Morgan fingerprint density at radius 3 is 2.60 bits per heavy atom. The van der Waals surface area contributed by atoms with Gasteiger partial charge in [0.1, 0.15) is 0 Å². The fourth-order valence-corrected chi connectivity index (χ4v) is 1.87. The molecule has 104 valence electrons. The second-order valence-electron chi connectivity index (χ2n) is 4.74. The monoisotopic (exact) mass is 269 g/mol. The normalized spacial score (nSPS) is 10.1. The largest absolute Gasteiger partial charge is 0.399 e. The summed E-state index contributed by atoms with van der Waals surface area (Å²) < 4.78 is 0. The van der Waals surface area contributed by atoms with Crippen molar-refractivity contribution in [3.8, 4) is 0 Å². The zero-order valence-electron chi connectivity index (χ0n) is 11.5. The number of hydrogen-bond acceptors (Lipinski definition) is 2. The van der Waals surface area contributed by atoms with Crippen molar-refractivity contribution >= 4 is 17.4 Å². The van der Waals surface area contributed by atoms with E-state index in [0.717, 1.165) is 6.42 Å². The lowest BCUT2D eigenvalue weighted by Crippen LogP contribution is -2.30. The summed E-state index contributed by atoms with van der Waals surface area (Å²) in [6, 6.07) is 15.2. The molecule has 0 aliphatic rings. The number of rotatable bonds is 4. The molecule has 0 heterocycles. The van der Waals surface area contributed by atoms with Crippen LogP contribution in [0.2, 0.25) is 0 Å². The lowest BCUT2D eigenvalue weighted by molar-refractivity contribution is 0.252. The highest BCUT2D eigenvalue weighted by molar-refractivity contribution is 5.89. The molecule has 0 spiro atoms. The first-order chi connectivity index (χ1) is 9.63. The molecule has 0 bridgehead atoms. The highest BCUT2D eigenvalue weighted by Gasteiger charge is 2.01. The average Bonchev–Trinajstić information content (AvgIpc) is 2.41. The molecular formula is C16H19N3O. The van der Waals surface area contributed by atoms with E-state index in [2.05, 4.69) is 41.8 Å². The Morgan fingerprint density at radius 1 is 1.15 bits per heavy atom. The van der Waals surface area contributed by atoms with Crippen LogP contribution in [0.4, 0.5) is 16.2 Å². The van der Waals surface area contributed by atoms with E-state index in [0.29, 0.717) is 17.9 Å². The van der Waals surface area contributed by atoms with Crippen LogP contribution in [0.1, 0.15) is 11.1 Å². The zero-order valence-corrected chi connectivity index (χ0v) is 11.5. The van der Waals surface area contributed by atoms with Crippen LogP contribution in [-0.2, 0) is 6.42 Å². The topological polar surface area (TPSA) is 67.2 Å². The zero-order chi connectivity index (χ0) is 14.4. The first-order valence-electron chi connectivity index (χ1n) is 6.59. The van der Waals surface area contributed by atoms with Gasteiger partial charge in [-0.2, -0.15) is 0 Å². The summed E-state index contributed by atoms with van der Waals surface area (Å²) in [6.45, 7) is 2.65. The van der Waals surface area contributed by atoms with Gasteiger partial charge < -0.3 is 16.4 Å². The summed E-state index contributed by atoms with van der Waals surface area (Å²) >= 11 is 0. The van der Waals surface area contributed by atoms with Gasteiger partial charge in [-0.05, 0) is 37.1 Å². The van der Waals surface area contributed by atoms with E-state index in [-0.39, 0.29) is 6.03 Å². The number of hydrogen-bond donors (Lipinski definition) is 3. The van der Waals surface area contributed by atoms with E-state index < -0.39 is 0 Å². The van der Waals surface area contributed by atoms with Crippen LogP contribution in [0.15, 0.2) is 48.5 Å². The number of nitrogens with one attached hydrogen (secondary N) is 2. The number of carbonyl (C=O) groups is 1. The third-order valence-corrected chi connectivity index (χ3v) is 2.96. The molecule has 0 saturated heterocycles. The van der Waals surface area contributed by atoms with E-state index in [1.807, 2.05) is 0 Å². The number of carbonyl (C=O) groups excluding carboxylic acids is 1. The minimum absolute atomic E-state index is 0.220. The Labute approximate surface area is 119 Å². The first-order valence-corrected chi connectivity index (χ1v) is 6.59. The molecule has 0 aromatic heterocycles.